The van der Waals surface area contributed by atoms with Crippen LogP contribution < -0.4 is 10.6 Å². The lowest BCUT2D eigenvalue weighted by Crippen LogP contribution is -2.39. The standard InChI is InChI=1S/C21H24N4S/c1-16(26-18-8-4-3-5-9-18)14-24-21(22-2)25-15-17-12-13-23-20-11-7-6-10-19(17)20/h3-13,16H,14-15H2,1-2H3,(H2,22,24,25). The molecule has 2 aromatic carbocycles. The normalized spacial score (nSPS) is 12.8. The van der Waals surface area contributed by atoms with Crippen molar-refractivity contribution >= 4 is 28.6 Å². The smallest absolute Gasteiger partial charge is 0.191 e. The average Bonchev–Trinajstić information content (AvgIpc) is 2.69. The van der Waals surface area contributed by atoms with Crippen molar-refractivity contribution in [2.24, 2.45) is 4.99 Å². The fourth-order valence-corrected chi connectivity index (χ4v) is 3.67. The lowest BCUT2D eigenvalue weighted by molar-refractivity contribution is 0.792. The Kier molecular flexibility index (Phi) is 6.50. The number of thioether (sulfide) groups is 1. The summed E-state index contributed by atoms with van der Waals surface area (Å²) in [4.78, 5) is 10.0. The molecule has 0 aliphatic rings. The Morgan fingerprint density at radius 1 is 1.04 bits per heavy atom. The summed E-state index contributed by atoms with van der Waals surface area (Å²) in [7, 11) is 1.80. The molecule has 2 N–H and O–H groups in total. The van der Waals surface area contributed by atoms with E-state index in [1.165, 1.54) is 15.8 Å². The zero-order chi connectivity index (χ0) is 18.2. The molecule has 134 valence electrons. The molecule has 4 nitrogen and oxygen atoms in total. The third kappa shape index (κ3) is 4.99. The van der Waals surface area contributed by atoms with Crippen molar-refractivity contribution in [3.63, 3.8) is 0 Å². The van der Waals surface area contributed by atoms with E-state index >= 15 is 0 Å². The number of guanidine groups is 1. The predicted molar refractivity (Wildman–Crippen MR) is 112 cm³/mol. The van der Waals surface area contributed by atoms with Crippen molar-refractivity contribution in [2.75, 3.05) is 13.6 Å². The molecule has 3 aromatic rings. The lowest BCUT2D eigenvalue weighted by Gasteiger charge is -2.16. The van der Waals surface area contributed by atoms with Crippen molar-refractivity contribution in [1.29, 1.82) is 0 Å². The number of rotatable bonds is 6. The fraction of sp³-hybridized carbons (Fsp3) is 0.238. The van der Waals surface area contributed by atoms with Gasteiger partial charge in [0.2, 0.25) is 0 Å². The first kappa shape index (κ1) is 18.3. The highest BCUT2D eigenvalue weighted by molar-refractivity contribution is 8.00. The molecule has 5 heteroatoms. The van der Waals surface area contributed by atoms with Crippen LogP contribution in [-0.2, 0) is 6.54 Å². The molecule has 3 rings (SSSR count). The van der Waals surface area contributed by atoms with Crippen LogP contribution in [0.1, 0.15) is 12.5 Å². The summed E-state index contributed by atoms with van der Waals surface area (Å²) in [5.41, 5.74) is 2.23. The van der Waals surface area contributed by atoms with Crippen molar-refractivity contribution in [3.8, 4) is 0 Å². The number of hydrogen-bond acceptors (Lipinski definition) is 3. The molecule has 0 radical (unpaired) electrons. The van der Waals surface area contributed by atoms with Gasteiger partial charge in [-0.1, -0.05) is 43.3 Å². The third-order valence-electron chi connectivity index (χ3n) is 4.05. The van der Waals surface area contributed by atoms with Crippen LogP contribution in [0.25, 0.3) is 10.9 Å². The Hall–Kier alpha value is -2.53. The van der Waals surface area contributed by atoms with E-state index in [2.05, 4.69) is 63.9 Å². The first-order chi connectivity index (χ1) is 12.8. The summed E-state index contributed by atoms with van der Waals surface area (Å²) in [6.45, 7) is 3.77. The molecule has 0 aliphatic carbocycles. The van der Waals surface area contributed by atoms with Crippen molar-refractivity contribution in [2.45, 2.75) is 23.6 Å². The number of fused-ring (bicyclic) bond motifs is 1. The maximum atomic E-state index is 4.41. The number of aromatic nitrogens is 1. The second-order valence-corrected chi connectivity index (χ2v) is 7.55. The number of nitrogens with zero attached hydrogens (tertiary/aromatic N) is 2. The van der Waals surface area contributed by atoms with E-state index in [0.29, 0.717) is 11.8 Å². The molecule has 0 amide bonds. The summed E-state index contributed by atoms with van der Waals surface area (Å²) >= 11 is 1.86. The minimum atomic E-state index is 0.442. The molecule has 26 heavy (non-hydrogen) atoms. The third-order valence-corrected chi connectivity index (χ3v) is 5.16. The summed E-state index contributed by atoms with van der Waals surface area (Å²) in [6.07, 6.45) is 1.86. The van der Waals surface area contributed by atoms with Gasteiger partial charge in [0.15, 0.2) is 5.96 Å². The second kappa shape index (κ2) is 9.25. The Morgan fingerprint density at radius 3 is 2.62 bits per heavy atom. The van der Waals surface area contributed by atoms with Crippen LogP contribution in [0.2, 0.25) is 0 Å². The molecule has 0 saturated heterocycles. The van der Waals surface area contributed by atoms with E-state index in [9.17, 15) is 0 Å². The molecular formula is C21H24N4S. The summed E-state index contributed by atoms with van der Waals surface area (Å²) in [5.74, 6) is 0.811. The molecule has 0 aliphatic heterocycles. The highest BCUT2D eigenvalue weighted by Crippen LogP contribution is 2.22. The van der Waals surface area contributed by atoms with E-state index < -0.39 is 0 Å². The Bertz CT molecular complexity index is 859. The maximum Gasteiger partial charge on any atom is 0.191 e. The van der Waals surface area contributed by atoms with Crippen LogP contribution in [0, 0.1) is 0 Å². The Morgan fingerprint density at radius 2 is 1.81 bits per heavy atom. The predicted octanol–water partition coefficient (Wildman–Crippen LogP) is 4.08. The average molecular weight is 365 g/mol. The number of aliphatic imine (C=N–C) groups is 1. The minimum absolute atomic E-state index is 0.442. The lowest BCUT2D eigenvalue weighted by atomic mass is 10.1. The van der Waals surface area contributed by atoms with E-state index in [1.54, 1.807) is 7.05 Å². The van der Waals surface area contributed by atoms with Crippen molar-refractivity contribution < 1.29 is 0 Å². The van der Waals surface area contributed by atoms with Crippen LogP contribution in [-0.4, -0.2) is 29.8 Å². The van der Waals surface area contributed by atoms with Crippen molar-refractivity contribution in [3.05, 3.63) is 72.4 Å². The molecule has 0 fully saturated rings. The van der Waals surface area contributed by atoms with Gasteiger partial charge in [0.25, 0.3) is 0 Å². The van der Waals surface area contributed by atoms with Crippen LogP contribution >= 0.6 is 11.8 Å². The monoisotopic (exact) mass is 364 g/mol. The van der Waals surface area contributed by atoms with E-state index in [4.69, 9.17) is 0 Å². The van der Waals surface area contributed by atoms with Gasteiger partial charge in [-0.3, -0.25) is 9.98 Å². The van der Waals surface area contributed by atoms with Crippen LogP contribution in [0.4, 0.5) is 0 Å². The van der Waals surface area contributed by atoms with Crippen molar-refractivity contribution in [1.82, 2.24) is 15.6 Å². The van der Waals surface area contributed by atoms with Crippen LogP contribution in [0.15, 0.2) is 76.7 Å². The van der Waals surface area contributed by atoms with Gasteiger partial charge in [-0.25, -0.2) is 0 Å². The maximum absolute atomic E-state index is 4.41. The number of nitrogens with one attached hydrogen (secondary N) is 2. The van der Waals surface area contributed by atoms with Gasteiger partial charge < -0.3 is 10.6 Å². The summed E-state index contributed by atoms with van der Waals surface area (Å²) in [5, 5.41) is 8.42. The summed E-state index contributed by atoms with van der Waals surface area (Å²) < 4.78 is 0. The largest absolute Gasteiger partial charge is 0.355 e. The van der Waals surface area contributed by atoms with Gasteiger partial charge in [0.05, 0.1) is 5.52 Å². The van der Waals surface area contributed by atoms with Gasteiger partial charge in [0, 0.05) is 41.9 Å². The highest BCUT2D eigenvalue weighted by Gasteiger charge is 2.07. The summed E-state index contributed by atoms with van der Waals surface area (Å²) in [6, 6.07) is 20.7. The van der Waals surface area contributed by atoms with E-state index in [1.807, 2.05) is 42.2 Å². The molecule has 0 spiro atoms. The Balaban J connectivity index is 1.53. The van der Waals surface area contributed by atoms with Gasteiger partial charge in [-0.2, -0.15) is 0 Å². The Labute approximate surface area is 159 Å². The number of pyridine rings is 1. The molecule has 1 unspecified atom stereocenters. The van der Waals surface area contributed by atoms with Gasteiger partial charge in [0.1, 0.15) is 0 Å². The van der Waals surface area contributed by atoms with Gasteiger partial charge in [-0.15, -0.1) is 11.8 Å². The molecule has 0 saturated carbocycles. The quantitative estimate of drug-likeness (QED) is 0.393. The molecule has 0 bridgehead atoms. The van der Waals surface area contributed by atoms with Gasteiger partial charge in [-0.05, 0) is 29.8 Å². The zero-order valence-corrected chi connectivity index (χ0v) is 16.0. The molecule has 1 aromatic heterocycles. The minimum Gasteiger partial charge on any atom is -0.355 e. The highest BCUT2D eigenvalue weighted by atomic mass is 32.2. The van der Waals surface area contributed by atoms with Crippen LogP contribution in [0.3, 0.4) is 0 Å². The van der Waals surface area contributed by atoms with Crippen LogP contribution in [0.5, 0.6) is 0 Å². The first-order valence-electron chi connectivity index (χ1n) is 8.75. The second-order valence-electron chi connectivity index (χ2n) is 6.04. The van der Waals surface area contributed by atoms with Gasteiger partial charge >= 0.3 is 0 Å². The number of hydrogen-bond donors (Lipinski definition) is 2. The fourth-order valence-electron chi connectivity index (χ4n) is 2.72. The van der Waals surface area contributed by atoms with E-state index in [0.717, 1.165) is 18.0 Å². The number of benzene rings is 2. The molecular weight excluding hydrogens is 340 g/mol. The first-order valence-corrected chi connectivity index (χ1v) is 9.63. The SMILES string of the molecule is CN=C(NCc1ccnc2ccccc12)NCC(C)Sc1ccccc1. The molecule has 1 atom stereocenters. The zero-order valence-electron chi connectivity index (χ0n) is 15.1. The number of para-hydroxylation sites is 1. The van der Waals surface area contributed by atoms with E-state index in [-0.39, 0.29) is 0 Å². The molecule has 1 heterocycles. The topological polar surface area (TPSA) is 49.3 Å².